The van der Waals surface area contributed by atoms with Crippen LogP contribution in [0.15, 0.2) is 0 Å². The van der Waals surface area contributed by atoms with Crippen molar-refractivity contribution in [2.45, 2.75) is 50.2 Å². The van der Waals surface area contributed by atoms with Gasteiger partial charge in [-0.15, -0.1) is 0 Å². The first-order valence-electron chi connectivity index (χ1n) is 8.69. The first kappa shape index (κ1) is 33.5. The number of hydrogen-bond donors (Lipinski definition) is 9. The number of barbiturate groups is 1. The summed E-state index contributed by atoms with van der Waals surface area (Å²) in [4.78, 5) is 61.6. The Morgan fingerprint density at radius 2 is 1.32 bits per heavy atom. The summed E-state index contributed by atoms with van der Waals surface area (Å²) in [6.45, 7) is 0.604. The number of carbonyl (C=O) groups excluding carboxylic acids is 4. The Morgan fingerprint density at radius 3 is 1.68 bits per heavy atom. The van der Waals surface area contributed by atoms with Crippen molar-refractivity contribution in [3.8, 4) is 0 Å². The van der Waals surface area contributed by atoms with Crippen LogP contribution in [0.2, 0.25) is 0 Å². The zero-order valence-corrected chi connectivity index (χ0v) is 16.2. The molecular weight excluding hydrogens is 429 g/mol. The predicted octanol–water partition coefficient (Wildman–Crippen LogP) is -4.78. The normalized spacial score (nSPS) is 14.8. The number of nitrogens with two attached hydrogens (primary N) is 5. The van der Waals surface area contributed by atoms with Crippen LogP contribution in [0.4, 0.5) is 4.79 Å². The minimum atomic E-state index is -1.27. The van der Waals surface area contributed by atoms with Gasteiger partial charge in [0.2, 0.25) is 5.91 Å². The Bertz CT molecular complexity index is 614. The van der Waals surface area contributed by atoms with Gasteiger partial charge in [0.15, 0.2) is 6.04 Å². The van der Waals surface area contributed by atoms with E-state index in [1.54, 1.807) is 0 Å². The van der Waals surface area contributed by atoms with Crippen molar-refractivity contribution in [1.29, 1.82) is 0 Å². The first-order valence-corrected chi connectivity index (χ1v) is 8.69. The van der Waals surface area contributed by atoms with Crippen LogP contribution in [0, 0.1) is 0 Å². The van der Waals surface area contributed by atoms with E-state index in [2.05, 4.69) is 0 Å². The van der Waals surface area contributed by atoms with E-state index in [1.807, 2.05) is 10.6 Å². The van der Waals surface area contributed by atoms with Gasteiger partial charge in [0.1, 0.15) is 12.1 Å². The van der Waals surface area contributed by atoms with E-state index in [-0.39, 0.29) is 42.4 Å². The zero-order chi connectivity index (χ0) is 23.9. The molecule has 5 amide bonds. The van der Waals surface area contributed by atoms with E-state index < -0.39 is 53.8 Å². The van der Waals surface area contributed by atoms with Gasteiger partial charge in [-0.05, 0) is 25.8 Å². The van der Waals surface area contributed by atoms with Gasteiger partial charge in [0, 0.05) is 6.42 Å². The molecule has 0 aromatic rings. The fourth-order valence-electron chi connectivity index (χ4n) is 1.58. The number of carboxylic acid groups (broad SMARTS) is 2. The third-order valence-electron chi connectivity index (χ3n) is 3.34. The fourth-order valence-corrected chi connectivity index (χ4v) is 1.58. The third-order valence-corrected chi connectivity index (χ3v) is 3.34. The van der Waals surface area contributed by atoms with Gasteiger partial charge >= 0.3 is 47.5 Å². The fraction of sp³-hybridized carbons (Fsp3) is 0.600. The van der Waals surface area contributed by atoms with Crippen LogP contribution < -0.4 is 39.3 Å². The molecule has 0 bridgehead atoms. The average Bonchev–Trinajstić information content (AvgIpc) is 2.64. The molecule has 1 unspecified atom stereocenters. The molecule has 0 saturated carbocycles. The SMILES string of the molecule is NC(=O)CC[C@H](N)C(=O)O.NC1C(=O)NC(=O)NC1=O.NCCCCC(N)C(=O)O.[NaH]. The molecule has 0 aromatic carbocycles. The topological polar surface area (TPSA) is 297 Å². The molecule has 1 heterocycles. The monoisotopic (exact) mass is 459 g/mol. The van der Waals surface area contributed by atoms with Gasteiger partial charge in [0.05, 0.1) is 0 Å². The van der Waals surface area contributed by atoms with E-state index in [1.165, 1.54) is 0 Å². The summed E-state index contributed by atoms with van der Waals surface area (Å²) >= 11 is 0. The molecule has 1 rings (SSSR count). The molecule has 1 saturated heterocycles. The number of imide groups is 2. The summed E-state index contributed by atoms with van der Waals surface area (Å²) in [6, 6.07) is -3.78. The van der Waals surface area contributed by atoms with Gasteiger partial charge < -0.3 is 38.9 Å². The molecule has 15 nitrogen and oxygen atoms in total. The van der Waals surface area contributed by atoms with Crippen molar-refractivity contribution in [2.24, 2.45) is 28.7 Å². The second kappa shape index (κ2) is 18.6. The summed E-state index contributed by atoms with van der Waals surface area (Å²) in [6.07, 6.45) is 2.29. The van der Waals surface area contributed by atoms with Crippen LogP contribution in [0.5, 0.6) is 0 Å². The number of urea groups is 1. The van der Waals surface area contributed by atoms with Crippen LogP contribution in [0.3, 0.4) is 0 Å². The Morgan fingerprint density at radius 1 is 0.903 bits per heavy atom. The van der Waals surface area contributed by atoms with Crippen LogP contribution in [-0.2, 0) is 24.0 Å². The van der Waals surface area contributed by atoms with E-state index in [4.69, 9.17) is 38.9 Å². The van der Waals surface area contributed by atoms with Crippen molar-refractivity contribution in [3.63, 3.8) is 0 Å². The number of carbonyl (C=O) groups is 6. The van der Waals surface area contributed by atoms with Crippen LogP contribution in [0.25, 0.3) is 0 Å². The number of nitrogens with one attached hydrogen (secondary N) is 2. The summed E-state index contributed by atoms with van der Waals surface area (Å²) < 4.78 is 0. The second-order valence-electron chi connectivity index (χ2n) is 5.96. The Balaban J connectivity index is -0.000000373. The van der Waals surface area contributed by atoms with Gasteiger partial charge in [-0.1, -0.05) is 6.42 Å². The molecule has 0 radical (unpaired) electrons. The Hall–Kier alpha value is -2.14. The third kappa shape index (κ3) is 18.4. The standard InChI is InChI=1S/C6H14N2O2.C5H10N2O3.C4H5N3O3.Na.H/c7-4-2-1-3-5(8)6(9)10;6-3(5(9)10)1-2-4(7)8;5-1-2(8)6-4(10)7-3(1)9;;/h5H,1-4,7-8H2,(H,9,10);3H,1-2,6H2,(H2,7,8)(H,9,10);1H,5H2,(H2,6,7,8,9,10);;/t;3-;;;/m.0.../s1. The van der Waals surface area contributed by atoms with E-state index >= 15 is 0 Å². The van der Waals surface area contributed by atoms with E-state index in [9.17, 15) is 28.8 Å². The number of carboxylic acids is 2. The van der Waals surface area contributed by atoms with Crippen molar-refractivity contribution in [2.75, 3.05) is 6.54 Å². The zero-order valence-electron chi connectivity index (χ0n) is 16.2. The van der Waals surface area contributed by atoms with Crippen LogP contribution >= 0.6 is 0 Å². The second-order valence-corrected chi connectivity index (χ2v) is 5.96. The molecule has 0 aliphatic carbocycles. The van der Waals surface area contributed by atoms with Gasteiger partial charge in [-0.3, -0.25) is 34.6 Å². The number of rotatable bonds is 9. The molecule has 16 heteroatoms. The molecule has 14 N–H and O–H groups in total. The Labute approximate surface area is 200 Å². The van der Waals surface area contributed by atoms with Gasteiger partial charge in [0.25, 0.3) is 11.8 Å². The molecule has 0 spiro atoms. The Kier molecular flexibility index (Phi) is 20.1. The summed E-state index contributed by atoms with van der Waals surface area (Å²) in [5.74, 6) is -4.11. The van der Waals surface area contributed by atoms with E-state index in [0.29, 0.717) is 13.0 Å². The number of hydrogen-bond acceptors (Lipinski definition) is 10. The van der Waals surface area contributed by atoms with Gasteiger partial charge in [-0.25, -0.2) is 4.79 Å². The number of unbranched alkanes of at least 4 members (excludes halogenated alkanes) is 1. The molecule has 1 aliphatic heterocycles. The van der Waals surface area contributed by atoms with Crippen LogP contribution in [0.1, 0.15) is 32.1 Å². The molecule has 174 valence electrons. The maximum atomic E-state index is 10.5. The number of primary amides is 1. The minimum absolute atomic E-state index is 0. The molecule has 1 fully saturated rings. The van der Waals surface area contributed by atoms with E-state index in [0.717, 1.165) is 12.8 Å². The summed E-state index contributed by atoms with van der Waals surface area (Å²) in [7, 11) is 0. The molecule has 0 aromatic heterocycles. The summed E-state index contributed by atoms with van der Waals surface area (Å²) in [5, 5.41) is 20.2. The number of aliphatic carboxylic acids is 2. The molecule has 1 aliphatic rings. The maximum absolute atomic E-state index is 10.5. The number of amides is 5. The predicted molar refractivity (Wildman–Crippen MR) is 109 cm³/mol. The average molecular weight is 459 g/mol. The van der Waals surface area contributed by atoms with Crippen LogP contribution in [-0.4, -0.2) is 100 Å². The van der Waals surface area contributed by atoms with Crippen molar-refractivity contribution < 1.29 is 39.0 Å². The molecular formula is C15H30N7NaO8. The van der Waals surface area contributed by atoms with Crippen molar-refractivity contribution in [3.05, 3.63) is 0 Å². The molecule has 31 heavy (non-hydrogen) atoms. The van der Waals surface area contributed by atoms with Gasteiger partial charge in [-0.2, -0.15) is 0 Å². The first-order chi connectivity index (χ1) is 13.8. The van der Waals surface area contributed by atoms with Crippen molar-refractivity contribution in [1.82, 2.24) is 10.6 Å². The molecule has 2 atom stereocenters. The quantitative estimate of drug-likeness (QED) is 0.0891. The van der Waals surface area contributed by atoms with Crippen molar-refractivity contribution >= 4 is 65.2 Å². The summed E-state index contributed by atoms with van der Waals surface area (Å²) in [5.41, 5.74) is 25.2.